The van der Waals surface area contributed by atoms with Crippen molar-refractivity contribution in [1.29, 1.82) is 0 Å². The van der Waals surface area contributed by atoms with Crippen molar-refractivity contribution >= 4 is 31.4 Å². The Balaban J connectivity index is 3.04. The normalized spacial score (nSPS) is 12.1. The zero-order valence-electron chi connectivity index (χ0n) is 10.9. The fourth-order valence-corrected chi connectivity index (χ4v) is 3.01. The number of benzene rings is 1. The molecule has 0 radical (unpaired) electrons. The molecular weight excluding hydrogens is 324 g/mol. The molecule has 0 aromatic heterocycles. The maximum Gasteiger partial charge on any atom is 0.293 e. The van der Waals surface area contributed by atoms with Crippen LogP contribution in [0.15, 0.2) is 23.1 Å². The number of anilines is 1. The lowest BCUT2D eigenvalue weighted by Gasteiger charge is -2.08. The predicted molar refractivity (Wildman–Crippen MR) is 75.8 cm³/mol. The van der Waals surface area contributed by atoms with Crippen LogP contribution in [0.2, 0.25) is 0 Å². The largest absolute Gasteiger partial charge is 0.383 e. The van der Waals surface area contributed by atoms with E-state index in [0.29, 0.717) is 0 Å². The standard InChI is InChI=1S/C9H14N4O6S2/c1-11-8-3-2-7(6-9(8)13(14)15)21(18,19)12-4-5-20(10,16)17/h2-3,6,11-12H,4-5H2,1H3,(H2,10,16,17). The molecule has 10 nitrogen and oxygen atoms in total. The third kappa shape index (κ3) is 4.93. The fraction of sp³-hybridized carbons (Fsp3) is 0.333. The van der Waals surface area contributed by atoms with E-state index in [2.05, 4.69) is 5.32 Å². The maximum atomic E-state index is 11.9. The molecular formula is C9H14N4O6S2. The number of nitro benzene ring substituents is 1. The lowest BCUT2D eigenvalue weighted by molar-refractivity contribution is -0.384. The number of hydrogen-bond acceptors (Lipinski definition) is 7. The molecule has 0 unspecified atom stereocenters. The molecule has 0 fully saturated rings. The van der Waals surface area contributed by atoms with Gasteiger partial charge in [-0.2, -0.15) is 0 Å². The van der Waals surface area contributed by atoms with Crippen LogP contribution in [0.25, 0.3) is 0 Å². The molecule has 0 atom stereocenters. The average Bonchev–Trinajstić information content (AvgIpc) is 2.35. The van der Waals surface area contributed by atoms with Crippen molar-refractivity contribution in [2.24, 2.45) is 5.14 Å². The average molecular weight is 338 g/mol. The molecule has 0 aliphatic rings. The van der Waals surface area contributed by atoms with Crippen LogP contribution < -0.4 is 15.2 Å². The second-order valence-electron chi connectivity index (χ2n) is 3.95. The number of rotatable bonds is 7. The molecule has 0 amide bonds. The summed E-state index contributed by atoms with van der Waals surface area (Å²) in [5, 5.41) is 18.2. The summed E-state index contributed by atoms with van der Waals surface area (Å²) in [5.41, 5.74) is -0.254. The molecule has 118 valence electrons. The first kappa shape index (κ1) is 17.3. The van der Waals surface area contributed by atoms with Gasteiger partial charge in [0.05, 0.1) is 15.6 Å². The summed E-state index contributed by atoms with van der Waals surface area (Å²) in [6.07, 6.45) is 0. The minimum Gasteiger partial charge on any atom is -0.383 e. The molecule has 0 saturated heterocycles. The molecule has 21 heavy (non-hydrogen) atoms. The molecule has 12 heteroatoms. The third-order valence-corrected chi connectivity index (χ3v) is 4.66. The van der Waals surface area contributed by atoms with Crippen LogP contribution >= 0.6 is 0 Å². The molecule has 1 rings (SSSR count). The van der Waals surface area contributed by atoms with Gasteiger partial charge in [-0.25, -0.2) is 26.7 Å². The van der Waals surface area contributed by atoms with Gasteiger partial charge >= 0.3 is 0 Å². The number of primary sulfonamides is 1. The van der Waals surface area contributed by atoms with E-state index in [-0.39, 0.29) is 10.6 Å². The Bertz CT molecular complexity index is 744. The first-order valence-corrected chi connectivity index (χ1v) is 8.73. The van der Waals surface area contributed by atoms with Gasteiger partial charge in [-0.3, -0.25) is 10.1 Å². The summed E-state index contributed by atoms with van der Waals surface area (Å²) in [7, 11) is -6.41. The van der Waals surface area contributed by atoms with E-state index in [9.17, 15) is 26.9 Å². The zero-order chi connectivity index (χ0) is 16.3. The SMILES string of the molecule is CNc1ccc(S(=O)(=O)NCCS(N)(=O)=O)cc1[N+](=O)[O-]. The number of nitrogens with two attached hydrogens (primary N) is 1. The van der Waals surface area contributed by atoms with Crippen molar-refractivity contribution in [1.82, 2.24) is 4.72 Å². The Morgan fingerprint density at radius 1 is 1.29 bits per heavy atom. The van der Waals surface area contributed by atoms with Gasteiger partial charge in [0.1, 0.15) is 5.69 Å². The molecule has 1 aromatic rings. The lowest BCUT2D eigenvalue weighted by atomic mass is 10.3. The molecule has 0 spiro atoms. The summed E-state index contributed by atoms with van der Waals surface area (Å²) in [5.74, 6) is -0.580. The Labute approximate surface area is 121 Å². The first-order valence-electron chi connectivity index (χ1n) is 5.53. The van der Waals surface area contributed by atoms with Crippen LogP contribution in [0.1, 0.15) is 0 Å². The van der Waals surface area contributed by atoms with Gasteiger partial charge in [-0.1, -0.05) is 0 Å². The number of nitrogens with one attached hydrogen (secondary N) is 2. The fourth-order valence-electron chi connectivity index (χ4n) is 1.44. The topological polar surface area (TPSA) is 162 Å². The van der Waals surface area contributed by atoms with Crippen molar-refractivity contribution in [2.75, 3.05) is 24.7 Å². The van der Waals surface area contributed by atoms with E-state index < -0.39 is 43.0 Å². The molecule has 0 saturated carbocycles. The van der Waals surface area contributed by atoms with Gasteiger partial charge in [0.15, 0.2) is 0 Å². The zero-order valence-corrected chi connectivity index (χ0v) is 12.6. The number of hydrogen-bond donors (Lipinski definition) is 3. The van der Waals surface area contributed by atoms with Crippen molar-refractivity contribution in [3.05, 3.63) is 28.3 Å². The van der Waals surface area contributed by atoms with E-state index in [1.807, 2.05) is 4.72 Å². The van der Waals surface area contributed by atoms with Gasteiger partial charge in [-0.05, 0) is 12.1 Å². The van der Waals surface area contributed by atoms with E-state index in [1.165, 1.54) is 13.1 Å². The Morgan fingerprint density at radius 3 is 2.38 bits per heavy atom. The van der Waals surface area contributed by atoms with E-state index in [1.54, 1.807) is 0 Å². The number of nitrogens with zero attached hydrogens (tertiary/aromatic N) is 1. The third-order valence-electron chi connectivity index (χ3n) is 2.42. The maximum absolute atomic E-state index is 11.9. The quantitative estimate of drug-likeness (QED) is 0.433. The summed E-state index contributed by atoms with van der Waals surface area (Å²) in [6, 6.07) is 3.29. The highest BCUT2D eigenvalue weighted by molar-refractivity contribution is 7.90. The second kappa shape index (κ2) is 6.34. The van der Waals surface area contributed by atoms with Crippen LogP contribution in [0.3, 0.4) is 0 Å². The van der Waals surface area contributed by atoms with E-state index in [0.717, 1.165) is 12.1 Å². The lowest BCUT2D eigenvalue weighted by Crippen LogP contribution is -2.31. The molecule has 0 aliphatic carbocycles. The van der Waals surface area contributed by atoms with Crippen molar-refractivity contribution in [3.8, 4) is 0 Å². The number of sulfonamides is 2. The Kier molecular flexibility index (Phi) is 5.22. The van der Waals surface area contributed by atoms with Crippen LogP contribution in [0.5, 0.6) is 0 Å². The van der Waals surface area contributed by atoms with Gasteiger partial charge in [0, 0.05) is 19.7 Å². The highest BCUT2D eigenvalue weighted by atomic mass is 32.2. The van der Waals surface area contributed by atoms with Gasteiger partial charge in [-0.15, -0.1) is 0 Å². The minimum atomic E-state index is -4.07. The van der Waals surface area contributed by atoms with E-state index in [4.69, 9.17) is 5.14 Å². The monoisotopic (exact) mass is 338 g/mol. The van der Waals surface area contributed by atoms with Gasteiger partial charge in [0.25, 0.3) is 5.69 Å². The van der Waals surface area contributed by atoms with Crippen LogP contribution in [0, 0.1) is 10.1 Å². The predicted octanol–water partition coefficient (Wildman–Crippen LogP) is -0.797. The molecule has 0 bridgehead atoms. The molecule has 4 N–H and O–H groups in total. The van der Waals surface area contributed by atoms with Crippen LogP contribution in [-0.4, -0.2) is 41.1 Å². The van der Waals surface area contributed by atoms with Gasteiger partial charge in [0.2, 0.25) is 20.0 Å². The Hall–Kier alpha value is -1.76. The van der Waals surface area contributed by atoms with Crippen LogP contribution in [-0.2, 0) is 20.0 Å². The van der Waals surface area contributed by atoms with E-state index >= 15 is 0 Å². The van der Waals surface area contributed by atoms with Crippen molar-refractivity contribution in [2.45, 2.75) is 4.90 Å². The minimum absolute atomic E-state index is 0.156. The second-order valence-corrected chi connectivity index (χ2v) is 7.45. The Morgan fingerprint density at radius 2 is 1.90 bits per heavy atom. The summed E-state index contributed by atoms with van der Waals surface area (Å²) < 4.78 is 47.3. The first-order chi connectivity index (χ1) is 9.57. The molecule has 1 aromatic carbocycles. The summed E-state index contributed by atoms with van der Waals surface area (Å²) in [4.78, 5) is 9.79. The highest BCUT2D eigenvalue weighted by Gasteiger charge is 2.21. The smallest absolute Gasteiger partial charge is 0.293 e. The van der Waals surface area contributed by atoms with Crippen LogP contribution in [0.4, 0.5) is 11.4 Å². The summed E-state index contributed by atoms with van der Waals surface area (Å²) in [6.45, 7) is -0.428. The van der Waals surface area contributed by atoms with Gasteiger partial charge < -0.3 is 5.32 Å². The molecule has 0 aliphatic heterocycles. The molecule has 0 heterocycles. The number of nitro groups is 1. The highest BCUT2D eigenvalue weighted by Crippen LogP contribution is 2.26. The van der Waals surface area contributed by atoms with Crippen molar-refractivity contribution < 1.29 is 21.8 Å². The van der Waals surface area contributed by atoms with Crippen molar-refractivity contribution in [3.63, 3.8) is 0 Å². The summed E-state index contributed by atoms with van der Waals surface area (Å²) >= 11 is 0.